The molecule has 1 atom stereocenters. The molecule has 0 bridgehead atoms. The van der Waals surface area contributed by atoms with Gasteiger partial charge >= 0.3 is 0 Å². The number of hydrogen-bond acceptors (Lipinski definition) is 7. The van der Waals surface area contributed by atoms with Gasteiger partial charge in [0.05, 0.1) is 18.2 Å². The molecule has 0 spiro atoms. The van der Waals surface area contributed by atoms with E-state index in [-0.39, 0.29) is 30.4 Å². The molecule has 2 aromatic heterocycles. The van der Waals surface area contributed by atoms with E-state index >= 15 is 0 Å². The van der Waals surface area contributed by atoms with E-state index in [0.717, 1.165) is 5.56 Å². The van der Waals surface area contributed by atoms with E-state index in [0.29, 0.717) is 17.1 Å². The minimum Gasteiger partial charge on any atom is -0.487 e. The van der Waals surface area contributed by atoms with Crippen molar-refractivity contribution in [3.63, 3.8) is 0 Å². The fraction of sp³-hybridized carbons (Fsp3) is 0.182. The van der Waals surface area contributed by atoms with Crippen LogP contribution >= 0.6 is 0 Å². The molecule has 0 fully saturated rings. The van der Waals surface area contributed by atoms with Gasteiger partial charge in [-0.2, -0.15) is 15.6 Å². The summed E-state index contributed by atoms with van der Waals surface area (Å²) in [7, 11) is 1.56. The molecule has 1 aromatic carbocycles. The van der Waals surface area contributed by atoms with E-state index in [1.165, 1.54) is 15.6 Å². The summed E-state index contributed by atoms with van der Waals surface area (Å²) in [4.78, 5) is 31.1. The summed E-state index contributed by atoms with van der Waals surface area (Å²) in [5.41, 5.74) is 1.41. The number of anilines is 1. The summed E-state index contributed by atoms with van der Waals surface area (Å²) in [6, 6.07) is 14.7. The van der Waals surface area contributed by atoms with Crippen molar-refractivity contribution in [3.8, 4) is 17.9 Å². The molecule has 1 aliphatic rings. The number of rotatable bonds is 4. The Morgan fingerprint density at radius 1 is 1.25 bits per heavy atom. The SMILES string of the molecule is CN1C(=O)[C@@H](NC(=O)c2cc(C#N)n(Cc3cccc(C#N)c3)n2)COc2cccnc21. The van der Waals surface area contributed by atoms with Crippen LogP contribution < -0.4 is 15.0 Å². The van der Waals surface area contributed by atoms with Crippen LogP contribution in [0.1, 0.15) is 27.3 Å². The van der Waals surface area contributed by atoms with Crippen LogP contribution in [0.4, 0.5) is 5.82 Å². The first-order valence-electron chi connectivity index (χ1n) is 9.63. The average molecular weight is 427 g/mol. The fourth-order valence-electron chi connectivity index (χ4n) is 3.32. The van der Waals surface area contributed by atoms with Gasteiger partial charge in [0, 0.05) is 19.3 Å². The van der Waals surface area contributed by atoms with Crippen LogP contribution in [0.15, 0.2) is 48.7 Å². The lowest BCUT2D eigenvalue weighted by molar-refractivity contribution is -0.120. The average Bonchev–Trinajstić information content (AvgIpc) is 3.19. The molecule has 1 aliphatic heterocycles. The third kappa shape index (κ3) is 3.98. The number of hydrogen-bond donors (Lipinski definition) is 1. The van der Waals surface area contributed by atoms with Gasteiger partial charge in [-0.05, 0) is 29.8 Å². The molecule has 0 radical (unpaired) electrons. The number of ether oxygens (including phenoxy) is 1. The highest BCUT2D eigenvalue weighted by molar-refractivity contribution is 6.02. The molecule has 0 unspecified atom stereocenters. The van der Waals surface area contributed by atoms with Crippen LogP contribution in [0.3, 0.4) is 0 Å². The Morgan fingerprint density at radius 2 is 2.09 bits per heavy atom. The largest absolute Gasteiger partial charge is 0.487 e. The summed E-state index contributed by atoms with van der Waals surface area (Å²) in [5.74, 6) is -0.190. The van der Waals surface area contributed by atoms with Crippen LogP contribution in [0.25, 0.3) is 0 Å². The minimum atomic E-state index is -0.954. The van der Waals surface area contributed by atoms with Crippen LogP contribution in [-0.2, 0) is 11.3 Å². The third-order valence-corrected chi connectivity index (χ3v) is 4.92. The zero-order chi connectivity index (χ0) is 22.7. The Labute approximate surface area is 183 Å². The van der Waals surface area contributed by atoms with Gasteiger partial charge in [0.25, 0.3) is 11.8 Å². The van der Waals surface area contributed by atoms with Crippen LogP contribution in [-0.4, -0.2) is 46.3 Å². The predicted molar refractivity (Wildman–Crippen MR) is 112 cm³/mol. The lowest BCUT2D eigenvalue weighted by atomic mass is 10.1. The van der Waals surface area contributed by atoms with Crippen molar-refractivity contribution in [2.75, 3.05) is 18.6 Å². The first kappa shape index (κ1) is 20.6. The highest BCUT2D eigenvalue weighted by Crippen LogP contribution is 2.27. The van der Waals surface area contributed by atoms with Crippen molar-refractivity contribution in [3.05, 3.63) is 71.2 Å². The summed E-state index contributed by atoms with van der Waals surface area (Å²) in [6.45, 7) is 0.140. The molecule has 32 heavy (non-hydrogen) atoms. The second kappa shape index (κ2) is 8.58. The van der Waals surface area contributed by atoms with Gasteiger partial charge in [-0.15, -0.1) is 0 Å². The standard InChI is InChI=1S/C22H17N7O3/c1-28-20-19(6-3-7-25-20)32-13-18(22(28)31)26-21(30)17-9-16(11-24)29(27-17)12-15-5-2-4-14(8-15)10-23/h2-9,18H,12-13H2,1H3,(H,26,30)/t18-/m0/s1. The molecular formula is C22H17N7O3. The second-order valence-corrected chi connectivity index (χ2v) is 7.06. The molecular weight excluding hydrogens is 410 g/mol. The molecule has 0 saturated carbocycles. The van der Waals surface area contributed by atoms with Crippen LogP contribution in [0.2, 0.25) is 0 Å². The van der Waals surface area contributed by atoms with Crippen molar-refractivity contribution in [2.24, 2.45) is 0 Å². The van der Waals surface area contributed by atoms with E-state index in [9.17, 15) is 14.9 Å². The fourth-order valence-corrected chi connectivity index (χ4v) is 3.32. The number of nitrogens with zero attached hydrogens (tertiary/aromatic N) is 6. The summed E-state index contributed by atoms with van der Waals surface area (Å²) in [5, 5.41) is 25.4. The predicted octanol–water partition coefficient (Wildman–Crippen LogP) is 1.22. The van der Waals surface area contributed by atoms with Crippen molar-refractivity contribution >= 4 is 17.6 Å². The Bertz CT molecular complexity index is 1290. The van der Waals surface area contributed by atoms with Crippen molar-refractivity contribution in [1.82, 2.24) is 20.1 Å². The maximum Gasteiger partial charge on any atom is 0.272 e. The lowest BCUT2D eigenvalue weighted by Crippen LogP contribution is -2.49. The Balaban J connectivity index is 1.52. The van der Waals surface area contributed by atoms with Crippen molar-refractivity contribution < 1.29 is 14.3 Å². The van der Waals surface area contributed by atoms with E-state index in [4.69, 9.17) is 10.00 Å². The van der Waals surface area contributed by atoms with Gasteiger partial charge in [-0.1, -0.05) is 12.1 Å². The molecule has 4 rings (SSSR count). The first-order valence-corrected chi connectivity index (χ1v) is 9.63. The number of carbonyl (C=O) groups excluding carboxylic acids is 2. The Morgan fingerprint density at radius 3 is 2.88 bits per heavy atom. The molecule has 10 nitrogen and oxygen atoms in total. The normalized spacial score (nSPS) is 15.0. The van der Waals surface area contributed by atoms with Gasteiger partial charge in [0.1, 0.15) is 24.4 Å². The number of fused-ring (bicyclic) bond motifs is 1. The van der Waals surface area contributed by atoms with E-state index in [2.05, 4.69) is 21.5 Å². The zero-order valence-corrected chi connectivity index (χ0v) is 17.0. The number of pyridine rings is 1. The van der Waals surface area contributed by atoms with Crippen molar-refractivity contribution in [2.45, 2.75) is 12.6 Å². The van der Waals surface area contributed by atoms with E-state index in [1.807, 2.05) is 6.07 Å². The highest BCUT2D eigenvalue weighted by atomic mass is 16.5. The van der Waals surface area contributed by atoms with E-state index in [1.54, 1.807) is 49.6 Å². The molecule has 1 N–H and O–H groups in total. The first-order chi connectivity index (χ1) is 15.5. The number of amides is 2. The van der Waals surface area contributed by atoms with Crippen LogP contribution in [0, 0.1) is 22.7 Å². The summed E-state index contributed by atoms with van der Waals surface area (Å²) >= 11 is 0. The molecule has 2 amide bonds. The smallest absolute Gasteiger partial charge is 0.272 e. The van der Waals surface area contributed by atoms with Gasteiger partial charge < -0.3 is 10.1 Å². The maximum absolute atomic E-state index is 12.8. The van der Waals surface area contributed by atoms with Gasteiger partial charge in [-0.25, -0.2) is 9.67 Å². The second-order valence-electron chi connectivity index (χ2n) is 7.06. The van der Waals surface area contributed by atoms with Crippen molar-refractivity contribution in [1.29, 1.82) is 10.5 Å². The topological polar surface area (TPSA) is 137 Å². The number of aromatic nitrogens is 3. The molecule has 0 aliphatic carbocycles. The van der Waals surface area contributed by atoms with E-state index < -0.39 is 11.9 Å². The van der Waals surface area contributed by atoms with Gasteiger partial charge in [0.2, 0.25) is 0 Å². The highest BCUT2D eigenvalue weighted by Gasteiger charge is 2.32. The number of nitrogens with one attached hydrogen (secondary N) is 1. The van der Waals surface area contributed by atoms with Crippen LogP contribution in [0.5, 0.6) is 5.75 Å². The zero-order valence-electron chi connectivity index (χ0n) is 17.0. The molecule has 3 heterocycles. The maximum atomic E-state index is 12.8. The monoisotopic (exact) mass is 427 g/mol. The molecule has 158 valence electrons. The van der Waals surface area contributed by atoms with Gasteiger partial charge in [-0.3, -0.25) is 14.5 Å². The molecule has 3 aromatic rings. The number of likely N-dealkylation sites (N-methyl/N-ethyl adjacent to an activating group) is 1. The molecule has 0 saturated heterocycles. The summed E-state index contributed by atoms with van der Waals surface area (Å²) < 4.78 is 7.02. The third-order valence-electron chi connectivity index (χ3n) is 4.92. The molecule has 10 heteroatoms. The Hall–Kier alpha value is -4.70. The number of carbonyl (C=O) groups is 2. The lowest BCUT2D eigenvalue weighted by Gasteiger charge is -2.19. The van der Waals surface area contributed by atoms with Gasteiger partial charge in [0.15, 0.2) is 17.3 Å². The Kier molecular flexibility index (Phi) is 5.51. The minimum absolute atomic E-state index is 0.00618. The number of benzene rings is 1. The number of nitriles is 2. The summed E-state index contributed by atoms with van der Waals surface area (Å²) in [6.07, 6.45) is 1.55. The quantitative estimate of drug-likeness (QED) is 0.661.